The first-order valence-electron chi connectivity index (χ1n) is 11.6. The highest BCUT2D eigenvalue weighted by atomic mass is 19.1. The Hall–Kier alpha value is -3.23. The third-order valence-corrected chi connectivity index (χ3v) is 6.34. The van der Waals surface area contributed by atoms with Gasteiger partial charge in [0.15, 0.2) is 0 Å². The summed E-state index contributed by atoms with van der Waals surface area (Å²) in [5, 5.41) is 2.84. The number of carbonyl (C=O) groups excluding carboxylic acids is 2. The van der Waals surface area contributed by atoms with Crippen molar-refractivity contribution in [3.05, 3.63) is 82.8 Å². The second kappa shape index (κ2) is 10.8. The van der Waals surface area contributed by atoms with Gasteiger partial charge in [0, 0.05) is 52.0 Å². The van der Waals surface area contributed by atoms with Gasteiger partial charge in [-0.3, -0.25) is 14.7 Å². The number of hydrogen-bond donors (Lipinski definition) is 1. The molecule has 2 aromatic carbocycles. The lowest BCUT2D eigenvalue weighted by Crippen LogP contribution is -2.52. The van der Waals surface area contributed by atoms with Crippen LogP contribution in [-0.2, 0) is 16.1 Å². The maximum atomic E-state index is 14.0. The van der Waals surface area contributed by atoms with E-state index in [1.54, 1.807) is 26.1 Å². The van der Waals surface area contributed by atoms with Crippen molar-refractivity contribution in [2.45, 2.75) is 19.5 Å². The molecular weight excluding hydrogens is 435 g/mol. The number of piperazine rings is 1. The molecule has 8 heteroatoms. The van der Waals surface area contributed by atoms with E-state index in [0.29, 0.717) is 23.4 Å². The maximum absolute atomic E-state index is 14.0. The van der Waals surface area contributed by atoms with E-state index in [9.17, 15) is 14.0 Å². The van der Waals surface area contributed by atoms with E-state index in [-0.39, 0.29) is 12.6 Å². The molecule has 0 aromatic heterocycles. The van der Waals surface area contributed by atoms with E-state index in [1.165, 1.54) is 22.6 Å². The Morgan fingerprint density at radius 1 is 1.03 bits per heavy atom. The predicted molar refractivity (Wildman–Crippen MR) is 127 cm³/mol. The van der Waals surface area contributed by atoms with Gasteiger partial charge in [0.1, 0.15) is 5.82 Å². The van der Waals surface area contributed by atoms with Crippen molar-refractivity contribution in [3.8, 4) is 0 Å². The number of urea groups is 1. The average Bonchev–Trinajstić information content (AvgIpc) is 2.84. The fourth-order valence-electron chi connectivity index (χ4n) is 4.49. The van der Waals surface area contributed by atoms with Crippen molar-refractivity contribution in [1.82, 2.24) is 20.0 Å². The second-order valence-electron chi connectivity index (χ2n) is 8.62. The van der Waals surface area contributed by atoms with Gasteiger partial charge in [-0.15, -0.1) is 0 Å². The number of ether oxygens (including phenoxy) is 1. The molecule has 0 bridgehead atoms. The van der Waals surface area contributed by atoms with Crippen LogP contribution in [0.1, 0.15) is 24.1 Å². The molecule has 0 radical (unpaired) electrons. The molecule has 0 saturated carbocycles. The predicted octanol–water partition coefficient (Wildman–Crippen LogP) is 3.16. The van der Waals surface area contributed by atoms with E-state index in [4.69, 9.17) is 4.74 Å². The van der Waals surface area contributed by atoms with E-state index in [2.05, 4.69) is 27.2 Å². The number of amides is 2. The molecule has 1 N–H and O–H groups in total. The minimum atomic E-state index is -0.771. The highest BCUT2D eigenvalue weighted by Gasteiger charge is 2.37. The highest BCUT2D eigenvalue weighted by Crippen LogP contribution is 2.32. The molecule has 2 aliphatic heterocycles. The van der Waals surface area contributed by atoms with Gasteiger partial charge in [-0.2, -0.15) is 0 Å². The Balaban J connectivity index is 1.55. The summed E-state index contributed by atoms with van der Waals surface area (Å²) in [6, 6.07) is 15.2. The zero-order chi connectivity index (χ0) is 24.1. The number of halogens is 1. The van der Waals surface area contributed by atoms with Gasteiger partial charge in [0.05, 0.1) is 18.2 Å². The standard InChI is InChI=1S/C26H31FN4O3/c1-3-34-25(32)23-22(29(2)26(33)28-24(23)20-10-7-11-21(27)16-20)18-31-14-12-30(13-15-31)17-19-8-5-4-6-9-19/h4-11,16,24H,3,12-15,17-18H2,1-2H3,(H,28,33)/t24-/m1/s1. The van der Waals surface area contributed by atoms with Crippen LogP contribution >= 0.6 is 0 Å². The lowest BCUT2D eigenvalue weighted by Gasteiger charge is -2.39. The van der Waals surface area contributed by atoms with Crippen LogP contribution in [-0.4, -0.2) is 73.1 Å². The molecule has 0 aliphatic carbocycles. The average molecular weight is 467 g/mol. The topological polar surface area (TPSA) is 65.1 Å². The molecule has 1 saturated heterocycles. The van der Waals surface area contributed by atoms with Crippen molar-refractivity contribution in [3.63, 3.8) is 0 Å². The van der Waals surface area contributed by atoms with Crippen LogP contribution in [0.2, 0.25) is 0 Å². The third kappa shape index (κ3) is 5.46. The molecule has 4 rings (SSSR count). The van der Waals surface area contributed by atoms with E-state index in [0.717, 1.165) is 32.7 Å². The smallest absolute Gasteiger partial charge is 0.338 e. The van der Waals surface area contributed by atoms with Crippen molar-refractivity contribution in [2.24, 2.45) is 0 Å². The molecule has 1 fully saturated rings. The summed E-state index contributed by atoms with van der Waals surface area (Å²) in [5.74, 6) is -0.925. The van der Waals surface area contributed by atoms with Crippen LogP contribution in [0.15, 0.2) is 65.9 Å². The minimum absolute atomic E-state index is 0.210. The van der Waals surface area contributed by atoms with Crippen molar-refractivity contribution >= 4 is 12.0 Å². The first kappa shape index (κ1) is 23.9. The number of likely N-dealkylation sites (N-methyl/N-ethyl adjacent to an activating group) is 1. The Kier molecular flexibility index (Phi) is 7.59. The van der Waals surface area contributed by atoms with Crippen LogP contribution in [0.4, 0.5) is 9.18 Å². The van der Waals surface area contributed by atoms with Crippen molar-refractivity contribution < 1.29 is 18.7 Å². The molecule has 2 amide bonds. The summed E-state index contributed by atoms with van der Waals surface area (Å²) >= 11 is 0. The van der Waals surface area contributed by atoms with Crippen LogP contribution in [0.3, 0.4) is 0 Å². The second-order valence-corrected chi connectivity index (χ2v) is 8.62. The van der Waals surface area contributed by atoms with Crippen LogP contribution in [0, 0.1) is 5.82 Å². The number of benzene rings is 2. The van der Waals surface area contributed by atoms with Gasteiger partial charge in [0.25, 0.3) is 0 Å². The molecule has 0 unspecified atom stereocenters. The van der Waals surface area contributed by atoms with E-state index in [1.807, 2.05) is 18.2 Å². The molecule has 0 spiro atoms. The van der Waals surface area contributed by atoms with Gasteiger partial charge in [-0.25, -0.2) is 14.0 Å². The number of nitrogens with one attached hydrogen (secondary N) is 1. The monoisotopic (exact) mass is 466 g/mol. The summed E-state index contributed by atoms with van der Waals surface area (Å²) in [6.45, 7) is 6.69. The normalized spacial score (nSPS) is 19.8. The molecule has 180 valence electrons. The van der Waals surface area contributed by atoms with Gasteiger partial charge in [-0.05, 0) is 30.2 Å². The van der Waals surface area contributed by atoms with Crippen molar-refractivity contribution in [2.75, 3.05) is 46.4 Å². The quantitative estimate of drug-likeness (QED) is 0.635. The zero-order valence-electron chi connectivity index (χ0n) is 19.7. The van der Waals surface area contributed by atoms with Gasteiger partial charge in [-0.1, -0.05) is 42.5 Å². The molecule has 2 aliphatic rings. The van der Waals surface area contributed by atoms with E-state index < -0.39 is 17.8 Å². The molecule has 34 heavy (non-hydrogen) atoms. The number of carbonyl (C=O) groups is 2. The lowest BCUT2D eigenvalue weighted by atomic mass is 9.94. The molecular formula is C26H31FN4O3. The first-order chi connectivity index (χ1) is 16.5. The highest BCUT2D eigenvalue weighted by molar-refractivity contribution is 5.95. The largest absolute Gasteiger partial charge is 0.463 e. The molecule has 2 heterocycles. The SMILES string of the molecule is CCOC(=O)C1=C(CN2CCN(Cc3ccccc3)CC2)N(C)C(=O)N[C@@H]1c1cccc(F)c1. The van der Waals surface area contributed by atoms with Crippen molar-refractivity contribution in [1.29, 1.82) is 0 Å². The minimum Gasteiger partial charge on any atom is -0.463 e. The Labute approximate surface area is 199 Å². The Morgan fingerprint density at radius 3 is 2.35 bits per heavy atom. The lowest BCUT2D eigenvalue weighted by molar-refractivity contribution is -0.139. The number of rotatable bonds is 7. The number of esters is 1. The van der Waals surface area contributed by atoms with Gasteiger partial charge >= 0.3 is 12.0 Å². The summed E-state index contributed by atoms with van der Waals surface area (Å²) in [7, 11) is 1.65. The fourth-order valence-corrected chi connectivity index (χ4v) is 4.49. The summed E-state index contributed by atoms with van der Waals surface area (Å²) in [4.78, 5) is 32.0. The Bertz CT molecular complexity index is 1050. The fraction of sp³-hybridized carbons (Fsp3) is 0.385. The number of hydrogen-bond acceptors (Lipinski definition) is 5. The van der Waals surface area contributed by atoms with Crippen LogP contribution < -0.4 is 5.32 Å². The molecule has 1 atom stereocenters. The molecule has 2 aromatic rings. The van der Waals surface area contributed by atoms with E-state index >= 15 is 0 Å². The van der Waals surface area contributed by atoms with Crippen LogP contribution in [0.5, 0.6) is 0 Å². The third-order valence-electron chi connectivity index (χ3n) is 6.34. The molecule has 7 nitrogen and oxygen atoms in total. The van der Waals surface area contributed by atoms with Gasteiger partial charge < -0.3 is 10.1 Å². The number of nitrogens with zero attached hydrogens (tertiary/aromatic N) is 3. The summed E-state index contributed by atoms with van der Waals surface area (Å²) < 4.78 is 19.3. The Morgan fingerprint density at radius 2 is 1.71 bits per heavy atom. The zero-order valence-corrected chi connectivity index (χ0v) is 19.7. The summed E-state index contributed by atoms with van der Waals surface area (Å²) in [6.07, 6.45) is 0. The van der Waals surface area contributed by atoms with Crippen LogP contribution in [0.25, 0.3) is 0 Å². The van der Waals surface area contributed by atoms with Gasteiger partial charge in [0.2, 0.25) is 0 Å². The summed E-state index contributed by atoms with van der Waals surface area (Å²) in [5.41, 5.74) is 2.73. The maximum Gasteiger partial charge on any atom is 0.338 e. The first-order valence-corrected chi connectivity index (χ1v) is 11.6.